The Kier molecular flexibility index (Phi) is 4.61. The molecule has 4 rings (SSSR count). The van der Waals surface area contributed by atoms with Crippen LogP contribution in [0.3, 0.4) is 0 Å². The van der Waals surface area contributed by atoms with Crippen LogP contribution in [0.1, 0.15) is 27.6 Å². The fourth-order valence-corrected chi connectivity index (χ4v) is 3.60. The number of halogens is 2. The summed E-state index contributed by atoms with van der Waals surface area (Å²) in [6.07, 6.45) is 3.25. The molecule has 0 spiro atoms. The van der Waals surface area contributed by atoms with Gasteiger partial charge in [-0.3, -0.25) is 4.79 Å². The van der Waals surface area contributed by atoms with Crippen LogP contribution < -0.4 is 0 Å². The van der Waals surface area contributed by atoms with E-state index in [0.29, 0.717) is 35.3 Å². The minimum Gasteiger partial charge on any atom is -0.370 e. The Labute approximate surface area is 161 Å². The quantitative estimate of drug-likeness (QED) is 0.660. The predicted molar refractivity (Wildman–Crippen MR) is 101 cm³/mol. The number of ether oxygens (including phenoxy) is 1. The molecule has 0 bridgehead atoms. The normalized spacial score (nSPS) is 17.7. The summed E-state index contributed by atoms with van der Waals surface area (Å²) < 4.78 is 7.59. The lowest BCUT2D eigenvalue weighted by Crippen LogP contribution is -2.42. The van der Waals surface area contributed by atoms with Crippen molar-refractivity contribution in [3.8, 4) is 0 Å². The number of aromatic nitrogens is 2. The number of carbonyl (C=O) groups excluding carboxylic acids is 1. The van der Waals surface area contributed by atoms with Gasteiger partial charge in [-0.1, -0.05) is 35.3 Å². The Morgan fingerprint density at radius 1 is 1.27 bits per heavy atom. The van der Waals surface area contributed by atoms with E-state index in [2.05, 4.69) is 5.10 Å². The van der Waals surface area contributed by atoms with Crippen LogP contribution >= 0.6 is 23.2 Å². The molecule has 2 aromatic heterocycles. The van der Waals surface area contributed by atoms with E-state index in [0.717, 1.165) is 16.6 Å². The number of benzene rings is 1. The summed E-state index contributed by atoms with van der Waals surface area (Å²) in [5.74, 6) is -0.0392. The number of morpholine rings is 1. The number of rotatable bonds is 2. The van der Waals surface area contributed by atoms with Crippen molar-refractivity contribution in [2.45, 2.75) is 13.0 Å². The molecule has 0 N–H and O–H groups in total. The van der Waals surface area contributed by atoms with Crippen LogP contribution in [0.4, 0.5) is 0 Å². The second kappa shape index (κ2) is 6.91. The SMILES string of the molecule is Cc1cccn2ncc(C(=O)N3CCOC(c4ccc(Cl)c(Cl)c4)C3)c12. The summed E-state index contributed by atoms with van der Waals surface area (Å²) in [5, 5.41) is 5.28. The lowest BCUT2D eigenvalue weighted by atomic mass is 10.1. The highest BCUT2D eigenvalue weighted by Gasteiger charge is 2.28. The van der Waals surface area contributed by atoms with Gasteiger partial charge in [-0.2, -0.15) is 5.10 Å². The molecule has 1 fully saturated rings. The molecule has 7 heteroatoms. The highest BCUT2D eigenvalue weighted by atomic mass is 35.5. The first-order valence-corrected chi connectivity index (χ1v) is 9.09. The van der Waals surface area contributed by atoms with Gasteiger partial charge in [0.05, 0.1) is 40.5 Å². The number of pyridine rings is 1. The molecule has 3 heterocycles. The Bertz CT molecular complexity index is 986. The molecule has 1 saturated heterocycles. The molecular weight excluding hydrogens is 373 g/mol. The van der Waals surface area contributed by atoms with E-state index < -0.39 is 0 Å². The van der Waals surface area contributed by atoms with Crippen LogP contribution in [0, 0.1) is 6.92 Å². The van der Waals surface area contributed by atoms with Gasteiger partial charge in [-0.25, -0.2) is 4.52 Å². The van der Waals surface area contributed by atoms with E-state index in [-0.39, 0.29) is 12.0 Å². The van der Waals surface area contributed by atoms with Crippen LogP contribution in [0.25, 0.3) is 5.52 Å². The molecule has 0 radical (unpaired) electrons. The van der Waals surface area contributed by atoms with Crippen LogP contribution in [0.15, 0.2) is 42.7 Å². The molecule has 1 amide bonds. The number of hydrogen-bond donors (Lipinski definition) is 0. The van der Waals surface area contributed by atoms with Gasteiger partial charge in [-0.15, -0.1) is 0 Å². The van der Waals surface area contributed by atoms with Crippen LogP contribution in [-0.4, -0.2) is 40.1 Å². The van der Waals surface area contributed by atoms with E-state index in [1.807, 2.05) is 31.3 Å². The Hall–Kier alpha value is -2.08. The summed E-state index contributed by atoms with van der Waals surface area (Å²) in [7, 11) is 0. The third kappa shape index (κ3) is 3.07. The minimum absolute atomic E-state index is 0.0392. The topological polar surface area (TPSA) is 46.8 Å². The van der Waals surface area contributed by atoms with Crippen LogP contribution in [-0.2, 0) is 4.74 Å². The minimum atomic E-state index is -0.231. The lowest BCUT2D eigenvalue weighted by Gasteiger charge is -2.33. The fraction of sp³-hybridized carbons (Fsp3) is 0.263. The smallest absolute Gasteiger partial charge is 0.257 e. The molecule has 3 aromatic rings. The molecular formula is C19H17Cl2N3O2. The van der Waals surface area contributed by atoms with E-state index >= 15 is 0 Å². The van der Waals surface area contributed by atoms with Gasteiger partial charge in [0.25, 0.3) is 5.91 Å². The van der Waals surface area contributed by atoms with Gasteiger partial charge in [0.15, 0.2) is 0 Å². The van der Waals surface area contributed by atoms with Gasteiger partial charge in [0.2, 0.25) is 0 Å². The van der Waals surface area contributed by atoms with E-state index in [9.17, 15) is 4.79 Å². The molecule has 134 valence electrons. The number of amides is 1. The number of carbonyl (C=O) groups is 1. The molecule has 1 aliphatic heterocycles. The number of fused-ring (bicyclic) bond motifs is 1. The molecule has 1 aromatic carbocycles. The van der Waals surface area contributed by atoms with Crippen molar-refractivity contribution >= 4 is 34.6 Å². The van der Waals surface area contributed by atoms with Crippen molar-refractivity contribution in [1.82, 2.24) is 14.5 Å². The zero-order valence-electron chi connectivity index (χ0n) is 14.2. The molecule has 26 heavy (non-hydrogen) atoms. The van der Waals surface area contributed by atoms with Crippen molar-refractivity contribution in [3.05, 3.63) is 69.5 Å². The largest absolute Gasteiger partial charge is 0.370 e. The zero-order chi connectivity index (χ0) is 18.3. The van der Waals surface area contributed by atoms with Gasteiger partial charge in [0.1, 0.15) is 6.10 Å². The highest BCUT2D eigenvalue weighted by molar-refractivity contribution is 6.42. The van der Waals surface area contributed by atoms with Gasteiger partial charge >= 0.3 is 0 Å². The van der Waals surface area contributed by atoms with Gasteiger partial charge in [0, 0.05) is 12.7 Å². The second-order valence-electron chi connectivity index (χ2n) is 6.33. The van der Waals surface area contributed by atoms with E-state index in [4.69, 9.17) is 27.9 Å². The lowest BCUT2D eigenvalue weighted by molar-refractivity contribution is -0.0227. The summed E-state index contributed by atoms with van der Waals surface area (Å²) in [6, 6.07) is 9.32. The van der Waals surface area contributed by atoms with E-state index in [1.165, 1.54) is 0 Å². The maximum atomic E-state index is 13.1. The maximum absolute atomic E-state index is 13.1. The van der Waals surface area contributed by atoms with Gasteiger partial charge < -0.3 is 9.64 Å². The van der Waals surface area contributed by atoms with Crippen LogP contribution in [0.2, 0.25) is 10.0 Å². The summed E-state index contributed by atoms with van der Waals surface area (Å²) in [5.41, 5.74) is 3.38. The summed E-state index contributed by atoms with van der Waals surface area (Å²) >= 11 is 12.1. The summed E-state index contributed by atoms with van der Waals surface area (Å²) in [6.45, 7) is 3.44. The molecule has 0 saturated carbocycles. The first-order valence-electron chi connectivity index (χ1n) is 8.33. The molecule has 1 unspecified atom stereocenters. The van der Waals surface area contributed by atoms with Crippen molar-refractivity contribution in [2.24, 2.45) is 0 Å². The molecule has 1 atom stereocenters. The maximum Gasteiger partial charge on any atom is 0.257 e. The standard InChI is InChI=1S/C19H17Cl2N3O2/c1-12-3-2-6-24-18(12)14(10-22-24)19(25)23-7-8-26-17(11-23)13-4-5-15(20)16(21)9-13/h2-6,9-10,17H,7-8,11H2,1H3. The number of hydrogen-bond acceptors (Lipinski definition) is 3. The monoisotopic (exact) mass is 389 g/mol. The second-order valence-corrected chi connectivity index (χ2v) is 7.14. The summed E-state index contributed by atoms with van der Waals surface area (Å²) in [4.78, 5) is 14.9. The number of aryl methyl sites for hydroxylation is 1. The molecule has 1 aliphatic rings. The van der Waals surface area contributed by atoms with Crippen molar-refractivity contribution in [1.29, 1.82) is 0 Å². The van der Waals surface area contributed by atoms with Crippen molar-refractivity contribution < 1.29 is 9.53 Å². The van der Waals surface area contributed by atoms with Crippen molar-refractivity contribution in [3.63, 3.8) is 0 Å². The first kappa shape index (κ1) is 17.3. The Morgan fingerprint density at radius 2 is 2.12 bits per heavy atom. The first-order chi connectivity index (χ1) is 12.5. The predicted octanol–water partition coefficient (Wildman–Crippen LogP) is 4.16. The molecule has 0 aliphatic carbocycles. The van der Waals surface area contributed by atoms with Crippen molar-refractivity contribution in [2.75, 3.05) is 19.7 Å². The third-order valence-corrected chi connectivity index (χ3v) is 5.38. The average molecular weight is 390 g/mol. The Balaban J connectivity index is 1.61. The van der Waals surface area contributed by atoms with E-state index in [1.54, 1.807) is 27.7 Å². The third-order valence-electron chi connectivity index (χ3n) is 4.64. The fourth-order valence-electron chi connectivity index (χ4n) is 3.29. The average Bonchev–Trinajstić information content (AvgIpc) is 3.09. The Morgan fingerprint density at radius 3 is 2.92 bits per heavy atom. The number of nitrogens with zero attached hydrogens (tertiary/aromatic N) is 3. The molecule has 5 nitrogen and oxygen atoms in total. The highest BCUT2D eigenvalue weighted by Crippen LogP contribution is 2.30. The van der Waals surface area contributed by atoms with Gasteiger partial charge in [-0.05, 0) is 36.2 Å². The van der Waals surface area contributed by atoms with Crippen LogP contribution in [0.5, 0.6) is 0 Å². The zero-order valence-corrected chi connectivity index (χ0v) is 15.7.